The van der Waals surface area contributed by atoms with Gasteiger partial charge in [0.2, 0.25) is 0 Å². The molecule has 3 atom stereocenters. The maximum absolute atomic E-state index is 5.69. The van der Waals surface area contributed by atoms with Gasteiger partial charge in [-0.05, 0) is 26.7 Å². The second-order valence-corrected chi connectivity index (χ2v) is 4.70. The lowest BCUT2D eigenvalue weighted by Crippen LogP contribution is -2.21. The van der Waals surface area contributed by atoms with E-state index in [1.165, 1.54) is 0 Å². The molecule has 0 spiro atoms. The molecule has 2 aliphatic rings. The van der Waals surface area contributed by atoms with Crippen LogP contribution in [0.1, 0.15) is 26.7 Å². The lowest BCUT2D eigenvalue weighted by molar-refractivity contribution is -0.139. The Morgan fingerprint density at radius 3 is 2.57 bits per heavy atom. The third-order valence-electron chi connectivity index (χ3n) is 2.68. The zero-order valence-corrected chi connectivity index (χ0v) is 9.42. The van der Waals surface area contributed by atoms with Gasteiger partial charge in [0.05, 0.1) is 30.8 Å². The van der Waals surface area contributed by atoms with Gasteiger partial charge < -0.3 is 14.2 Å². The van der Waals surface area contributed by atoms with Gasteiger partial charge in [-0.1, -0.05) is 0 Å². The van der Waals surface area contributed by atoms with E-state index in [1.807, 2.05) is 13.8 Å². The summed E-state index contributed by atoms with van der Waals surface area (Å²) in [5.74, 6) is 0.207. The van der Waals surface area contributed by atoms with E-state index in [4.69, 9.17) is 25.8 Å². The van der Waals surface area contributed by atoms with Gasteiger partial charge in [0.15, 0.2) is 5.79 Å². The monoisotopic (exact) mass is 220 g/mol. The van der Waals surface area contributed by atoms with Crippen molar-refractivity contribution in [3.8, 4) is 0 Å². The summed E-state index contributed by atoms with van der Waals surface area (Å²) in [5.41, 5.74) is 0. The predicted molar refractivity (Wildman–Crippen MR) is 53.5 cm³/mol. The Morgan fingerprint density at radius 2 is 2.07 bits per heavy atom. The minimum atomic E-state index is -0.402. The van der Waals surface area contributed by atoms with Crippen LogP contribution in [-0.4, -0.2) is 36.6 Å². The van der Waals surface area contributed by atoms with Crippen LogP contribution in [0, 0.1) is 0 Å². The molecule has 4 heteroatoms. The normalized spacial score (nSPS) is 40.1. The van der Waals surface area contributed by atoms with Crippen molar-refractivity contribution in [2.75, 3.05) is 12.5 Å². The van der Waals surface area contributed by atoms with Gasteiger partial charge >= 0.3 is 0 Å². The first-order valence-corrected chi connectivity index (χ1v) is 5.67. The van der Waals surface area contributed by atoms with E-state index in [0.29, 0.717) is 18.6 Å². The molecule has 14 heavy (non-hydrogen) atoms. The Morgan fingerprint density at radius 1 is 1.29 bits per heavy atom. The largest absolute Gasteiger partial charge is 0.368 e. The van der Waals surface area contributed by atoms with Crippen LogP contribution >= 0.6 is 11.6 Å². The topological polar surface area (TPSA) is 31.0 Å². The van der Waals surface area contributed by atoms with E-state index in [-0.39, 0.29) is 12.2 Å². The van der Waals surface area contributed by atoms with E-state index >= 15 is 0 Å². The van der Waals surface area contributed by atoms with Crippen molar-refractivity contribution in [2.24, 2.45) is 0 Å². The molecular formula is C10H17ClO3. The van der Waals surface area contributed by atoms with E-state index in [9.17, 15) is 0 Å². The fraction of sp³-hybridized carbons (Fsp3) is 1.00. The van der Waals surface area contributed by atoms with Crippen LogP contribution in [0.4, 0.5) is 0 Å². The van der Waals surface area contributed by atoms with Crippen molar-refractivity contribution in [3.63, 3.8) is 0 Å². The van der Waals surface area contributed by atoms with Crippen LogP contribution in [0.3, 0.4) is 0 Å². The Bertz CT molecular complexity index is 208. The number of alkyl halides is 1. The van der Waals surface area contributed by atoms with Crippen LogP contribution in [0.15, 0.2) is 0 Å². The SMILES string of the molecule is CC1(C)OC[C@H](CC[C@@H]2O[C@@H]2CCl)O1. The zero-order valence-electron chi connectivity index (χ0n) is 8.66. The molecular weight excluding hydrogens is 204 g/mol. The van der Waals surface area contributed by atoms with Gasteiger partial charge in [0.1, 0.15) is 0 Å². The van der Waals surface area contributed by atoms with Crippen molar-refractivity contribution in [2.45, 2.75) is 50.8 Å². The summed E-state index contributed by atoms with van der Waals surface area (Å²) in [4.78, 5) is 0. The fourth-order valence-electron chi connectivity index (χ4n) is 1.82. The molecule has 3 nitrogen and oxygen atoms in total. The van der Waals surface area contributed by atoms with E-state index in [1.54, 1.807) is 0 Å². The molecule has 2 aliphatic heterocycles. The zero-order chi connectivity index (χ0) is 10.2. The van der Waals surface area contributed by atoms with Crippen LogP contribution < -0.4 is 0 Å². The standard InChI is InChI=1S/C10H17ClO3/c1-10(2)12-6-7(14-10)3-4-8-9(5-11)13-8/h7-9H,3-6H2,1-2H3/t7-,8-,9+/m0/s1. The molecule has 0 amide bonds. The number of ether oxygens (including phenoxy) is 3. The number of epoxide rings is 1. The third kappa shape index (κ3) is 2.60. The van der Waals surface area contributed by atoms with E-state index < -0.39 is 5.79 Å². The lowest BCUT2D eigenvalue weighted by atomic mass is 10.1. The molecule has 2 heterocycles. The third-order valence-corrected chi connectivity index (χ3v) is 2.98. The molecule has 0 saturated carbocycles. The van der Waals surface area contributed by atoms with Crippen molar-refractivity contribution in [3.05, 3.63) is 0 Å². The summed E-state index contributed by atoms with van der Waals surface area (Å²) < 4.78 is 16.5. The molecule has 0 aromatic carbocycles. The second-order valence-electron chi connectivity index (χ2n) is 4.40. The highest BCUT2D eigenvalue weighted by atomic mass is 35.5. The predicted octanol–water partition coefficient (Wildman–Crippen LogP) is 1.92. The van der Waals surface area contributed by atoms with E-state index in [2.05, 4.69) is 0 Å². The number of rotatable bonds is 4. The van der Waals surface area contributed by atoms with Crippen LogP contribution in [0.5, 0.6) is 0 Å². The molecule has 2 rings (SSSR count). The molecule has 2 saturated heterocycles. The first kappa shape index (κ1) is 10.7. The number of hydrogen-bond acceptors (Lipinski definition) is 3. The highest BCUT2D eigenvalue weighted by molar-refractivity contribution is 6.18. The smallest absolute Gasteiger partial charge is 0.163 e. The summed E-state index contributed by atoms with van der Waals surface area (Å²) >= 11 is 5.65. The number of halogens is 1. The molecule has 0 radical (unpaired) electrons. The quantitative estimate of drug-likeness (QED) is 0.536. The van der Waals surface area contributed by atoms with Crippen molar-refractivity contribution >= 4 is 11.6 Å². The van der Waals surface area contributed by atoms with Gasteiger partial charge in [0, 0.05) is 0 Å². The summed E-state index contributed by atoms with van der Waals surface area (Å²) in [6, 6.07) is 0. The first-order valence-electron chi connectivity index (χ1n) is 5.14. The Labute approximate surface area is 89.7 Å². The minimum absolute atomic E-state index is 0.227. The maximum Gasteiger partial charge on any atom is 0.163 e. The van der Waals surface area contributed by atoms with Gasteiger partial charge in [0.25, 0.3) is 0 Å². The van der Waals surface area contributed by atoms with Crippen molar-refractivity contribution in [1.82, 2.24) is 0 Å². The molecule has 0 aromatic rings. The summed E-state index contributed by atoms with van der Waals surface area (Å²) in [5, 5.41) is 0. The summed E-state index contributed by atoms with van der Waals surface area (Å²) in [7, 11) is 0. The van der Waals surface area contributed by atoms with Gasteiger partial charge in [-0.2, -0.15) is 0 Å². The van der Waals surface area contributed by atoms with Crippen LogP contribution in [0.25, 0.3) is 0 Å². The Balaban J connectivity index is 1.63. The van der Waals surface area contributed by atoms with Crippen molar-refractivity contribution in [1.29, 1.82) is 0 Å². The molecule has 0 aliphatic carbocycles. The Hall–Kier alpha value is 0.170. The fourth-order valence-corrected chi connectivity index (χ4v) is 2.10. The highest BCUT2D eigenvalue weighted by Crippen LogP contribution is 2.31. The van der Waals surface area contributed by atoms with Gasteiger partial charge in [-0.15, -0.1) is 11.6 Å². The van der Waals surface area contributed by atoms with E-state index in [0.717, 1.165) is 12.8 Å². The lowest BCUT2D eigenvalue weighted by Gasteiger charge is -2.16. The summed E-state index contributed by atoms with van der Waals surface area (Å²) in [6.07, 6.45) is 2.90. The molecule has 0 N–H and O–H groups in total. The minimum Gasteiger partial charge on any atom is -0.368 e. The molecule has 0 aromatic heterocycles. The average Bonchev–Trinajstić information content (AvgIpc) is 2.81. The molecule has 2 fully saturated rings. The average molecular weight is 221 g/mol. The second kappa shape index (κ2) is 3.97. The van der Waals surface area contributed by atoms with Crippen LogP contribution in [-0.2, 0) is 14.2 Å². The van der Waals surface area contributed by atoms with Crippen molar-refractivity contribution < 1.29 is 14.2 Å². The highest BCUT2D eigenvalue weighted by Gasteiger charge is 2.39. The number of hydrogen-bond donors (Lipinski definition) is 0. The van der Waals surface area contributed by atoms with Gasteiger partial charge in [-0.25, -0.2) is 0 Å². The Kier molecular flexibility index (Phi) is 3.03. The van der Waals surface area contributed by atoms with Crippen LogP contribution in [0.2, 0.25) is 0 Å². The molecule has 0 unspecified atom stereocenters. The molecule has 0 bridgehead atoms. The first-order chi connectivity index (χ1) is 6.61. The summed E-state index contributed by atoms with van der Waals surface area (Å²) in [6.45, 7) is 4.59. The molecule has 82 valence electrons. The maximum atomic E-state index is 5.69. The van der Waals surface area contributed by atoms with Gasteiger partial charge in [-0.3, -0.25) is 0 Å².